The third-order valence-electron chi connectivity index (χ3n) is 2.73. The van der Waals surface area contributed by atoms with Crippen LogP contribution < -0.4 is 4.74 Å². The Balaban J connectivity index is 2.71. The number of hydrogen-bond donors (Lipinski definition) is 3. The van der Waals surface area contributed by atoms with E-state index in [4.69, 9.17) is 19.5 Å². The Labute approximate surface area is 126 Å². The molecule has 2 unspecified atom stereocenters. The minimum atomic E-state index is -4.22. The Bertz CT molecular complexity index is 568. The van der Waals surface area contributed by atoms with Gasteiger partial charge in [-0.3, -0.25) is 13.9 Å². The molecule has 0 saturated heterocycles. The minimum absolute atomic E-state index is 0.381. The molecule has 8 nitrogen and oxygen atoms in total. The van der Waals surface area contributed by atoms with Gasteiger partial charge in [-0.25, -0.2) is 4.79 Å². The molecule has 0 aliphatic carbocycles. The van der Waals surface area contributed by atoms with Gasteiger partial charge in [0.05, 0.1) is 13.3 Å². The van der Waals surface area contributed by atoms with Crippen LogP contribution in [0, 0.1) is 0 Å². The SMILES string of the molecule is COc1ccc(CP(=O)(O)OC(CCC(=O)O)C(=O)O)cc1. The van der Waals surface area contributed by atoms with E-state index in [1.165, 1.54) is 7.11 Å². The van der Waals surface area contributed by atoms with Gasteiger partial charge in [-0.05, 0) is 24.1 Å². The summed E-state index contributed by atoms with van der Waals surface area (Å²) >= 11 is 0. The van der Waals surface area contributed by atoms with Crippen molar-refractivity contribution in [3.8, 4) is 5.75 Å². The molecule has 0 saturated carbocycles. The van der Waals surface area contributed by atoms with Gasteiger partial charge in [-0.1, -0.05) is 12.1 Å². The van der Waals surface area contributed by atoms with Gasteiger partial charge in [-0.15, -0.1) is 0 Å². The Morgan fingerprint density at radius 3 is 2.27 bits per heavy atom. The molecule has 9 heteroatoms. The van der Waals surface area contributed by atoms with Crippen molar-refractivity contribution in [3.05, 3.63) is 29.8 Å². The van der Waals surface area contributed by atoms with Crippen molar-refractivity contribution in [2.24, 2.45) is 0 Å². The van der Waals surface area contributed by atoms with E-state index in [-0.39, 0.29) is 6.16 Å². The van der Waals surface area contributed by atoms with Crippen LogP contribution in [0.1, 0.15) is 18.4 Å². The van der Waals surface area contributed by atoms with E-state index in [9.17, 15) is 19.0 Å². The Hall–Kier alpha value is -1.89. The summed E-state index contributed by atoms with van der Waals surface area (Å²) in [5.41, 5.74) is 0.467. The first-order valence-corrected chi connectivity index (χ1v) is 8.07. The molecule has 22 heavy (non-hydrogen) atoms. The predicted molar refractivity (Wildman–Crippen MR) is 75.9 cm³/mol. The van der Waals surface area contributed by atoms with Crippen molar-refractivity contribution >= 4 is 19.5 Å². The summed E-state index contributed by atoms with van der Waals surface area (Å²) in [7, 11) is -2.74. The fourth-order valence-corrected chi connectivity index (χ4v) is 3.01. The molecule has 3 N–H and O–H groups in total. The van der Waals surface area contributed by atoms with E-state index in [1.54, 1.807) is 24.3 Å². The number of ether oxygens (including phenoxy) is 1. The van der Waals surface area contributed by atoms with Gasteiger partial charge in [0.2, 0.25) is 0 Å². The van der Waals surface area contributed by atoms with Crippen molar-refractivity contribution in [3.63, 3.8) is 0 Å². The summed E-state index contributed by atoms with van der Waals surface area (Å²) in [6.45, 7) is 0. The second-order valence-corrected chi connectivity index (χ2v) is 6.31. The number of aliphatic carboxylic acids is 2. The molecule has 122 valence electrons. The van der Waals surface area contributed by atoms with Crippen LogP contribution in [-0.4, -0.2) is 40.3 Å². The van der Waals surface area contributed by atoms with Crippen LogP contribution >= 0.6 is 7.60 Å². The Kier molecular flexibility index (Phi) is 6.55. The van der Waals surface area contributed by atoms with E-state index in [2.05, 4.69) is 0 Å². The molecule has 2 atom stereocenters. The van der Waals surface area contributed by atoms with Gasteiger partial charge < -0.3 is 19.8 Å². The molecule has 1 rings (SSSR count). The lowest BCUT2D eigenvalue weighted by atomic mass is 10.2. The number of carboxylic acids is 2. The van der Waals surface area contributed by atoms with E-state index in [0.29, 0.717) is 11.3 Å². The van der Waals surface area contributed by atoms with Gasteiger partial charge in [-0.2, -0.15) is 0 Å². The smallest absolute Gasteiger partial charge is 0.333 e. The Morgan fingerprint density at radius 1 is 1.23 bits per heavy atom. The first kappa shape index (κ1) is 18.2. The zero-order valence-corrected chi connectivity index (χ0v) is 12.7. The quantitative estimate of drug-likeness (QED) is 0.583. The fraction of sp³-hybridized carbons (Fsp3) is 0.385. The molecule has 0 spiro atoms. The molecule has 1 aromatic carbocycles. The van der Waals surface area contributed by atoms with Gasteiger partial charge in [0.25, 0.3) is 0 Å². The first-order valence-electron chi connectivity index (χ1n) is 6.31. The van der Waals surface area contributed by atoms with Crippen LogP contribution in [0.15, 0.2) is 24.3 Å². The third-order valence-corrected chi connectivity index (χ3v) is 4.08. The zero-order valence-electron chi connectivity index (χ0n) is 11.8. The van der Waals surface area contributed by atoms with Crippen molar-refractivity contribution in [1.82, 2.24) is 0 Å². The molecule has 0 bridgehead atoms. The second kappa shape index (κ2) is 7.93. The van der Waals surface area contributed by atoms with Crippen LogP contribution in [-0.2, 0) is 24.8 Å². The summed E-state index contributed by atoms with van der Waals surface area (Å²) in [5, 5.41) is 17.5. The van der Waals surface area contributed by atoms with E-state index >= 15 is 0 Å². The fourth-order valence-electron chi connectivity index (χ4n) is 1.67. The van der Waals surface area contributed by atoms with Crippen LogP contribution in [0.25, 0.3) is 0 Å². The first-order chi connectivity index (χ1) is 10.2. The van der Waals surface area contributed by atoms with Crippen molar-refractivity contribution in [1.29, 1.82) is 0 Å². The molecule has 0 aliphatic rings. The van der Waals surface area contributed by atoms with Crippen LogP contribution in [0.3, 0.4) is 0 Å². The zero-order chi connectivity index (χ0) is 16.8. The second-order valence-electron chi connectivity index (χ2n) is 4.51. The molecule has 1 aromatic rings. The maximum atomic E-state index is 12.0. The highest BCUT2D eigenvalue weighted by atomic mass is 31.2. The van der Waals surface area contributed by atoms with Crippen molar-refractivity contribution in [2.45, 2.75) is 25.1 Å². The number of rotatable bonds is 9. The highest BCUT2D eigenvalue weighted by Gasteiger charge is 2.30. The van der Waals surface area contributed by atoms with E-state index in [1.807, 2.05) is 0 Å². The lowest BCUT2D eigenvalue weighted by Gasteiger charge is -2.17. The topological polar surface area (TPSA) is 130 Å². The minimum Gasteiger partial charge on any atom is -0.497 e. The van der Waals surface area contributed by atoms with E-state index in [0.717, 1.165) is 0 Å². The standard InChI is InChI=1S/C13H17O8P/c1-20-10-4-2-9(3-5-10)8-22(18,19)21-11(13(16)17)6-7-12(14)15/h2-5,11H,6-8H2,1H3,(H,14,15)(H,16,17)(H,18,19). The van der Waals surface area contributed by atoms with Crippen LogP contribution in [0.5, 0.6) is 5.75 Å². The predicted octanol–water partition coefficient (Wildman–Crippen LogP) is 1.72. The highest BCUT2D eigenvalue weighted by Crippen LogP contribution is 2.47. The van der Waals surface area contributed by atoms with Crippen molar-refractivity contribution in [2.75, 3.05) is 7.11 Å². The summed E-state index contributed by atoms with van der Waals surface area (Å²) in [4.78, 5) is 31.2. The molecule has 0 aromatic heterocycles. The molecule has 0 aliphatic heterocycles. The molecule has 0 radical (unpaired) electrons. The maximum Gasteiger partial charge on any atom is 0.333 e. The number of carbonyl (C=O) groups is 2. The largest absolute Gasteiger partial charge is 0.497 e. The van der Waals surface area contributed by atoms with Gasteiger partial charge in [0.15, 0.2) is 6.10 Å². The average molecular weight is 332 g/mol. The van der Waals surface area contributed by atoms with Gasteiger partial charge in [0, 0.05) is 6.42 Å². The summed E-state index contributed by atoms with van der Waals surface area (Å²) in [6.07, 6.45) is -2.89. The summed E-state index contributed by atoms with van der Waals surface area (Å²) < 4.78 is 21.7. The molecular weight excluding hydrogens is 315 g/mol. The summed E-state index contributed by atoms with van der Waals surface area (Å²) in [5.74, 6) is -2.12. The van der Waals surface area contributed by atoms with Crippen LogP contribution in [0.2, 0.25) is 0 Å². The molecule has 0 heterocycles. The van der Waals surface area contributed by atoms with Crippen LogP contribution in [0.4, 0.5) is 0 Å². The molecular formula is C13H17O8P. The normalized spacial score (nSPS) is 14.8. The monoisotopic (exact) mass is 332 g/mol. The van der Waals surface area contributed by atoms with Gasteiger partial charge in [0.1, 0.15) is 5.75 Å². The molecule has 0 amide bonds. The number of hydrogen-bond acceptors (Lipinski definition) is 5. The lowest BCUT2D eigenvalue weighted by molar-refractivity contribution is -0.146. The lowest BCUT2D eigenvalue weighted by Crippen LogP contribution is -2.24. The number of benzene rings is 1. The average Bonchev–Trinajstić information content (AvgIpc) is 2.43. The molecule has 0 fully saturated rings. The van der Waals surface area contributed by atoms with E-state index < -0.39 is 38.5 Å². The van der Waals surface area contributed by atoms with Crippen molar-refractivity contribution < 1.29 is 38.5 Å². The third kappa shape index (κ3) is 6.26. The maximum absolute atomic E-state index is 12.0. The number of methoxy groups -OCH3 is 1. The highest BCUT2D eigenvalue weighted by molar-refractivity contribution is 7.52. The summed E-state index contributed by atoms with van der Waals surface area (Å²) in [6, 6.07) is 6.29. The number of carboxylic acid groups (broad SMARTS) is 2. The Morgan fingerprint density at radius 2 is 1.82 bits per heavy atom. The van der Waals surface area contributed by atoms with Gasteiger partial charge >= 0.3 is 19.5 Å².